The Morgan fingerprint density at radius 2 is 1.95 bits per heavy atom. The molecule has 0 aromatic carbocycles. The Labute approximate surface area is 117 Å². The average Bonchev–Trinajstić information content (AvgIpc) is 2.95. The lowest BCUT2D eigenvalue weighted by molar-refractivity contribution is 0.280. The van der Waals surface area contributed by atoms with Crippen molar-refractivity contribution in [2.75, 3.05) is 25.9 Å². The molecule has 3 atom stereocenters. The van der Waals surface area contributed by atoms with Gasteiger partial charge in [-0.3, -0.25) is 0 Å². The van der Waals surface area contributed by atoms with E-state index in [-0.39, 0.29) is 5.75 Å². The van der Waals surface area contributed by atoms with Crippen molar-refractivity contribution in [2.45, 2.75) is 44.6 Å². The molecule has 2 bridgehead atoms. The minimum Gasteiger partial charge on any atom is -0.313 e. The SMILES string of the molecule is CN(CC1CC2CCC1C2)S(=O)(=O)CCNC1CC1. The van der Waals surface area contributed by atoms with E-state index in [2.05, 4.69) is 5.32 Å². The zero-order chi connectivity index (χ0) is 13.5. The smallest absolute Gasteiger partial charge is 0.215 e. The van der Waals surface area contributed by atoms with E-state index in [1.165, 1.54) is 38.5 Å². The van der Waals surface area contributed by atoms with E-state index in [9.17, 15) is 8.42 Å². The predicted molar refractivity (Wildman–Crippen MR) is 76.4 cm³/mol. The zero-order valence-electron chi connectivity index (χ0n) is 11.8. The van der Waals surface area contributed by atoms with Crippen molar-refractivity contribution < 1.29 is 8.42 Å². The Morgan fingerprint density at radius 3 is 2.53 bits per heavy atom. The molecule has 0 spiro atoms. The topological polar surface area (TPSA) is 49.4 Å². The average molecular weight is 286 g/mol. The highest BCUT2D eigenvalue weighted by Crippen LogP contribution is 2.48. The lowest BCUT2D eigenvalue weighted by Crippen LogP contribution is -2.38. The molecule has 0 aromatic rings. The van der Waals surface area contributed by atoms with Gasteiger partial charge in [-0.2, -0.15) is 0 Å². The summed E-state index contributed by atoms with van der Waals surface area (Å²) in [5.74, 6) is 2.56. The van der Waals surface area contributed by atoms with Gasteiger partial charge >= 0.3 is 0 Å². The summed E-state index contributed by atoms with van der Waals surface area (Å²) in [4.78, 5) is 0. The van der Waals surface area contributed by atoms with Crippen LogP contribution in [-0.4, -0.2) is 44.7 Å². The van der Waals surface area contributed by atoms with Gasteiger partial charge in [-0.25, -0.2) is 12.7 Å². The van der Waals surface area contributed by atoms with Gasteiger partial charge in [0.1, 0.15) is 0 Å². The first kappa shape index (κ1) is 13.8. The normalized spacial score (nSPS) is 34.3. The zero-order valence-corrected chi connectivity index (χ0v) is 12.7. The van der Waals surface area contributed by atoms with Crippen molar-refractivity contribution in [3.05, 3.63) is 0 Å². The van der Waals surface area contributed by atoms with Crippen molar-refractivity contribution in [1.29, 1.82) is 0 Å². The Morgan fingerprint density at radius 1 is 1.16 bits per heavy atom. The van der Waals surface area contributed by atoms with Crippen molar-refractivity contribution in [2.24, 2.45) is 17.8 Å². The summed E-state index contributed by atoms with van der Waals surface area (Å²) in [5.41, 5.74) is 0. The van der Waals surface area contributed by atoms with Gasteiger partial charge in [-0.05, 0) is 49.9 Å². The number of hydrogen-bond acceptors (Lipinski definition) is 3. The molecule has 0 aromatic heterocycles. The molecule has 110 valence electrons. The highest BCUT2D eigenvalue weighted by molar-refractivity contribution is 7.89. The standard InChI is InChI=1S/C14H26N2O2S/c1-16(10-13-9-11-2-3-12(13)8-11)19(17,18)7-6-15-14-4-5-14/h11-15H,2-10H2,1H3. The Balaban J connectivity index is 1.46. The lowest BCUT2D eigenvalue weighted by Gasteiger charge is -2.26. The number of sulfonamides is 1. The van der Waals surface area contributed by atoms with E-state index in [1.54, 1.807) is 11.4 Å². The maximum atomic E-state index is 12.2. The second-order valence-corrected chi connectivity index (χ2v) is 8.96. The van der Waals surface area contributed by atoms with Crippen LogP contribution in [0.5, 0.6) is 0 Å². The lowest BCUT2D eigenvalue weighted by atomic mass is 9.89. The minimum absolute atomic E-state index is 0.251. The summed E-state index contributed by atoms with van der Waals surface area (Å²) in [6.45, 7) is 1.35. The predicted octanol–water partition coefficient (Wildman–Crippen LogP) is 1.44. The fourth-order valence-electron chi connectivity index (χ4n) is 3.88. The first-order valence-corrected chi connectivity index (χ1v) is 9.33. The van der Waals surface area contributed by atoms with Gasteiger partial charge in [0, 0.05) is 26.2 Å². The van der Waals surface area contributed by atoms with Crippen LogP contribution in [0.15, 0.2) is 0 Å². The highest BCUT2D eigenvalue weighted by Gasteiger charge is 2.40. The van der Waals surface area contributed by atoms with Gasteiger partial charge in [0.15, 0.2) is 0 Å². The Bertz CT molecular complexity index is 419. The quantitative estimate of drug-likeness (QED) is 0.770. The molecular weight excluding hydrogens is 260 g/mol. The molecule has 0 heterocycles. The molecular formula is C14H26N2O2S. The number of rotatable bonds is 7. The van der Waals surface area contributed by atoms with Crippen LogP contribution in [0.4, 0.5) is 0 Å². The van der Waals surface area contributed by atoms with E-state index < -0.39 is 10.0 Å². The van der Waals surface area contributed by atoms with Gasteiger partial charge in [-0.15, -0.1) is 0 Å². The van der Waals surface area contributed by atoms with E-state index in [4.69, 9.17) is 0 Å². The maximum Gasteiger partial charge on any atom is 0.215 e. The molecule has 3 fully saturated rings. The van der Waals surface area contributed by atoms with E-state index in [1.807, 2.05) is 0 Å². The number of fused-ring (bicyclic) bond motifs is 2. The summed E-state index contributed by atoms with van der Waals surface area (Å²) in [5, 5.41) is 3.28. The van der Waals surface area contributed by atoms with Gasteiger partial charge in [0.05, 0.1) is 5.75 Å². The molecule has 3 rings (SSSR count). The molecule has 3 aliphatic carbocycles. The molecule has 0 radical (unpaired) electrons. The number of hydrogen-bond donors (Lipinski definition) is 1. The van der Waals surface area contributed by atoms with Crippen molar-refractivity contribution in [3.63, 3.8) is 0 Å². The summed E-state index contributed by atoms with van der Waals surface area (Å²) in [6, 6.07) is 0.589. The second-order valence-electron chi connectivity index (χ2n) is 6.76. The van der Waals surface area contributed by atoms with Gasteiger partial charge < -0.3 is 5.32 Å². The van der Waals surface area contributed by atoms with E-state index in [0.29, 0.717) is 18.5 Å². The Kier molecular flexibility index (Phi) is 3.89. The first-order valence-electron chi connectivity index (χ1n) is 7.72. The number of nitrogens with one attached hydrogen (secondary N) is 1. The fraction of sp³-hybridized carbons (Fsp3) is 1.00. The molecule has 0 saturated heterocycles. The fourth-order valence-corrected chi connectivity index (χ4v) is 4.99. The molecule has 0 amide bonds. The van der Waals surface area contributed by atoms with Gasteiger partial charge in [-0.1, -0.05) is 6.42 Å². The molecule has 3 aliphatic rings. The second kappa shape index (κ2) is 5.34. The van der Waals surface area contributed by atoms with Crippen LogP contribution in [-0.2, 0) is 10.0 Å². The van der Waals surface area contributed by atoms with Crippen LogP contribution < -0.4 is 5.32 Å². The first-order chi connectivity index (χ1) is 9.04. The summed E-state index contributed by atoms with van der Waals surface area (Å²) >= 11 is 0. The molecule has 1 N–H and O–H groups in total. The molecule has 4 nitrogen and oxygen atoms in total. The van der Waals surface area contributed by atoms with Crippen molar-refractivity contribution >= 4 is 10.0 Å². The van der Waals surface area contributed by atoms with Crippen LogP contribution >= 0.6 is 0 Å². The molecule has 3 saturated carbocycles. The van der Waals surface area contributed by atoms with E-state index >= 15 is 0 Å². The molecule has 19 heavy (non-hydrogen) atoms. The summed E-state index contributed by atoms with van der Waals surface area (Å²) in [6.07, 6.45) is 7.73. The van der Waals surface area contributed by atoms with Gasteiger partial charge in [0.2, 0.25) is 10.0 Å². The third kappa shape index (κ3) is 3.31. The van der Waals surface area contributed by atoms with Gasteiger partial charge in [0.25, 0.3) is 0 Å². The summed E-state index contributed by atoms with van der Waals surface area (Å²) < 4.78 is 26.0. The third-order valence-electron chi connectivity index (χ3n) is 5.22. The van der Waals surface area contributed by atoms with E-state index in [0.717, 1.165) is 18.4 Å². The van der Waals surface area contributed by atoms with Crippen LogP contribution in [0.3, 0.4) is 0 Å². The maximum absolute atomic E-state index is 12.2. The van der Waals surface area contributed by atoms with Crippen molar-refractivity contribution in [1.82, 2.24) is 9.62 Å². The largest absolute Gasteiger partial charge is 0.313 e. The molecule has 0 aliphatic heterocycles. The van der Waals surface area contributed by atoms with Crippen LogP contribution in [0, 0.1) is 17.8 Å². The summed E-state index contributed by atoms with van der Waals surface area (Å²) in [7, 11) is -1.30. The van der Waals surface area contributed by atoms with Crippen molar-refractivity contribution in [3.8, 4) is 0 Å². The minimum atomic E-state index is -3.06. The monoisotopic (exact) mass is 286 g/mol. The molecule has 3 unspecified atom stereocenters. The highest BCUT2D eigenvalue weighted by atomic mass is 32.2. The number of nitrogens with zero attached hydrogens (tertiary/aromatic N) is 1. The third-order valence-corrected chi connectivity index (χ3v) is 7.04. The molecule has 5 heteroatoms. The van der Waals surface area contributed by atoms with Crippen LogP contribution in [0.25, 0.3) is 0 Å². The van der Waals surface area contributed by atoms with Crippen LogP contribution in [0.2, 0.25) is 0 Å². The van der Waals surface area contributed by atoms with Crippen LogP contribution in [0.1, 0.15) is 38.5 Å². The Hall–Kier alpha value is -0.130.